The summed E-state index contributed by atoms with van der Waals surface area (Å²) in [6.45, 7) is 7.60. The molecule has 1 aliphatic heterocycles. The van der Waals surface area contributed by atoms with Crippen LogP contribution in [0.15, 0.2) is 43.0 Å². The number of hydrogen-bond acceptors (Lipinski definition) is 2. The molecule has 0 radical (unpaired) electrons. The zero-order chi connectivity index (χ0) is 12.3. The summed E-state index contributed by atoms with van der Waals surface area (Å²) >= 11 is 0. The summed E-state index contributed by atoms with van der Waals surface area (Å²) < 4.78 is 5.33. The van der Waals surface area contributed by atoms with E-state index in [0.29, 0.717) is 18.7 Å². The lowest BCUT2D eigenvalue weighted by molar-refractivity contribution is 0.0735. The Morgan fingerprint density at radius 1 is 1.53 bits per heavy atom. The van der Waals surface area contributed by atoms with Crippen molar-refractivity contribution in [2.45, 2.75) is 12.5 Å². The molecule has 1 aliphatic rings. The largest absolute Gasteiger partial charge is 0.368 e. The molecule has 0 spiro atoms. The molecule has 0 aromatic heterocycles. The second-order valence-electron chi connectivity index (χ2n) is 4.58. The van der Waals surface area contributed by atoms with Crippen molar-refractivity contribution in [1.29, 1.82) is 0 Å². The predicted octanol–water partition coefficient (Wildman–Crippen LogP) is 2.10. The van der Waals surface area contributed by atoms with Gasteiger partial charge in [-0.2, -0.15) is 0 Å². The molecule has 17 heavy (non-hydrogen) atoms. The maximum Gasteiger partial charge on any atom is 0.254 e. The van der Waals surface area contributed by atoms with E-state index in [9.17, 15) is 4.79 Å². The van der Waals surface area contributed by atoms with E-state index in [1.54, 1.807) is 11.0 Å². The summed E-state index contributed by atoms with van der Waals surface area (Å²) in [6, 6.07) is 9.30. The summed E-state index contributed by atoms with van der Waals surface area (Å²) in [6.07, 6.45) is 1.74. The number of rotatable bonds is 5. The highest BCUT2D eigenvalue weighted by molar-refractivity contribution is 5.94. The van der Waals surface area contributed by atoms with Gasteiger partial charge in [-0.1, -0.05) is 24.3 Å². The van der Waals surface area contributed by atoms with Gasteiger partial charge in [0.2, 0.25) is 0 Å². The molecule has 1 aromatic carbocycles. The monoisotopic (exact) mass is 231 g/mol. The van der Waals surface area contributed by atoms with Gasteiger partial charge in [0.25, 0.3) is 5.91 Å². The number of carbonyl (C=O) groups excluding carboxylic acids is 1. The predicted molar refractivity (Wildman–Crippen MR) is 66.9 cm³/mol. The van der Waals surface area contributed by atoms with Crippen molar-refractivity contribution in [2.24, 2.45) is 0 Å². The lowest BCUT2D eigenvalue weighted by Crippen LogP contribution is -2.38. The SMILES string of the molecule is C=CCN(CC1(C)CO1)C(=O)c1ccccc1. The number of amides is 1. The van der Waals surface area contributed by atoms with E-state index >= 15 is 0 Å². The van der Waals surface area contributed by atoms with Crippen LogP contribution in [-0.2, 0) is 4.74 Å². The molecule has 1 fully saturated rings. The van der Waals surface area contributed by atoms with Gasteiger partial charge in [0.05, 0.1) is 13.2 Å². The Kier molecular flexibility index (Phi) is 3.29. The zero-order valence-electron chi connectivity index (χ0n) is 10.1. The van der Waals surface area contributed by atoms with Crippen LogP contribution in [-0.4, -0.2) is 36.1 Å². The number of epoxide rings is 1. The van der Waals surface area contributed by atoms with Gasteiger partial charge in [-0.05, 0) is 19.1 Å². The number of ether oxygens (including phenoxy) is 1. The lowest BCUT2D eigenvalue weighted by atomic mass is 10.1. The fourth-order valence-corrected chi connectivity index (χ4v) is 1.76. The van der Waals surface area contributed by atoms with Gasteiger partial charge in [-0.3, -0.25) is 4.79 Å². The van der Waals surface area contributed by atoms with Gasteiger partial charge < -0.3 is 9.64 Å². The Labute approximate surface area is 102 Å². The molecule has 90 valence electrons. The number of hydrogen-bond donors (Lipinski definition) is 0. The maximum atomic E-state index is 12.3. The molecular formula is C14H17NO2. The molecule has 0 N–H and O–H groups in total. The highest BCUT2D eigenvalue weighted by Crippen LogP contribution is 2.27. The van der Waals surface area contributed by atoms with E-state index < -0.39 is 0 Å². The molecule has 0 bridgehead atoms. The third kappa shape index (κ3) is 2.94. The van der Waals surface area contributed by atoms with E-state index in [0.717, 1.165) is 6.61 Å². The fraction of sp³-hybridized carbons (Fsp3) is 0.357. The number of nitrogens with zero attached hydrogens (tertiary/aromatic N) is 1. The van der Waals surface area contributed by atoms with E-state index in [2.05, 4.69) is 6.58 Å². The Hall–Kier alpha value is -1.61. The smallest absolute Gasteiger partial charge is 0.254 e. The van der Waals surface area contributed by atoms with Crippen molar-refractivity contribution in [3.05, 3.63) is 48.6 Å². The van der Waals surface area contributed by atoms with Crippen molar-refractivity contribution in [3.8, 4) is 0 Å². The second-order valence-corrected chi connectivity index (χ2v) is 4.58. The molecule has 2 rings (SSSR count). The Balaban J connectivity index is 2.10. The van der Waals surface area contributed by atoms with Crippen molar-refractivity contribution in [2.75, 3.05) is 19.7 Å². The average molecular weight is 231 g/mol. The summed E-state index contributed by atoms with van der Waals surface area (Å²) in [7, 11) is 0. The minimum Gasteiger partial charge on any atom is -0.368 e. The van der Waals surface area contributed by atoms with Gasteiger partial charge in [0.1, 0.15) is 5.60 Å². The van der Waals surface area contributed by atoms with Crippen molar-refractivity contribution in [1.82, 2.24) is 4.90 Å². The molecule has 1 saturated heterocycles. The minimum absolute atomic E-state index is 0.0298. The fourth-order valence-electron chi connectivity index (χ4n) is 1.76. The number of benzene rings is 1. The molecule has 1 aromatic rings. The van der Waals surface area contributed by atoms with Crippen LogP contribution in [0.5, 0.6) is 0 Å². The summed E-state index contributed by atoms with van der Waals surface area (Å²) in [4.78, 5) is 14.0. The standard InChI is InChI=1S/C14H17NO2/c1-3-9-15(10-14(2)11-17-14)13(16)12-7-5-4-6-8-12/h3-8H,1,9-11H2,2H3. The van der Waals surface area contributed by atoms with Gasteiger partial charge >= 0.3 is 0 Å². The normalized spacial score (nSPS) is 21.9. The van der Waals surface area contributed by atoms with Crippen LogP contribution in [0.25, 0.3) is 0 Å². The maximum absolute atomic E-state index is 12.3. The molecule has 1 atom stereocenters. The average Bonchev–Trinajstić information content (AvgIpc) is 3.07. The molecule has 0 saturated carbocycles. The first-order chi connectivity index (χ1) is 8.14. The van der Waals surface area contributed by atoms with Crippen LogP contribution in [0.3, 0.4) is 0 Å². The molecule has 0 aliphatic carbocycles. The minimum atomic E-state index is -0.159. The van der Waals surface area contributed by atoms with Crippen LogP contribution < -0.4 is 0 Å². The van der Waals surface area contributed by atoms with Gasteiger partial charge in [-0.15, -0.1) is 6.58 Å². The highest BCUT2D eigenvalue weighted by atomic mass is 16.6. The van der Waals surface area contributed by atoms with Crippen LogP contribution >= 0.6 is 0 Å². The van der Waals surface area contributed by atoms with E-state index in [-0.39, 0.29) is 11.5 Å². The Bertz CT molecular complexity index is 409. The van der Waals surface area contributed by atoms with Gasteiger partial charge in [-0.25, -0.2) is 0 Å². The van der Waals surface area contributed by atoms with Crippen molar-refractivity contribution >= 4 is 5.91 Å². The molecule has 1 unspecified atom stereocenters. The number of carbonyl (C=O) groups is 1. The van der Waals surface area contributed by atoms with Crippen LogP contribution in [0.1, 0.15) is 17.3 Å². The molecule has 1 heterocycles. The third-order valence-electron chi connectivity index (χ3n) is 2.82. The third-order valence-corrected chi connectivity index (χ3v) is 2.82. The Morgan fingerprint density at radius 3 is 2.71 bits per heavy atom. The van der Waals surface area contributed by atoms with Crippen molar-refractivity contribution < 1.29 is 9.53 Å². The first-order valence-corrected chi connectivity index (χ1v) is 5.74. The topological polar surface area (TPSA) is 32.8 Å². The van der Waals surface area contributed by atoms with Gasteiger partial charge in [0.15, 0.2) is 0 Å². The van der Waals surface area contributed by atoms with Crippen LogP contribution in [0, 0.1) is 0 Å². The quantitative estimate of drug-likeness (QED) is 0.574. The summed E-state index contributed by atoms with van der Waals surface area (Å²) in [5.74, 6) is 0.0298. The second kappa shape index (κ2) is 4.72. The molecule has 3 heteroatoms. The molecular weight excluding hydrogens is 214 g/mol. The lowest BCUT2D eigenvalue weighted by Gasteiger charge is -2.23. The first-order valence-electron chi connectivity index (χ1n) is 5.74. The van der Waals surface area contributed by atoms with E-state index in [1.807, 2.05) is 37.3 Å². The molecule has 1 amide bonds. The van der Waals surface area contributed by atoms with Crippen molar-refractivity contribution in [3.63, 3.8) is 0 Å². The van der Waals surface area contributed by atoms with Crippen LogP contribution in [0.4, 0.5) is 0 Å². The Morgan fingerprint density at radius 2 is 2.18 bits per heavy atom. The van der Waals surface area contributed by atoms with Crippen LogP contribution in [0.2, 0.25) is 0 Å². The summed E-state index contributed by atoms with van der Waals surface area (Å²) in [5.41, 5.74) is 0.548. The van der Waals surface area contributed by atoms with Gasteiger partial charge in [0, 0.05) is 12.1 Å². The van der Waals surface area contributed by atoms with E-state index in [1.165, 1.54) is 0 Å². The zero-order valence-corrected chi connectivity index (χ0v) is 10.1. The van der Waals surface area contributed by atoms with E-state index in [4.69, 9.17) is 4.74 Å². The summed E-state index contributed by atoms with van der Waals surface area (Å²) in [5, 5.41) is 0. The highest BCUT2D eigenvalue weighted by Gasteiger charge is 2.41. The first kappa shape index (κ1) is 11.9. The molecule has 3 nitrogen and oxygen atoms in total.